The minimum Gasteiger partial charge on any atom is -0.325 e. The molecule has 1 amide bonds. The van der Waals surface area contributed by atoms with E-state index in [1.807, 2.05) is 36.4 Å². The second-order valence-electron chi connectivity index (χ2n) is 7.22. The number of thioether (sulfide) groups is 1. The number of amides is 1. The van der Waals surface area contributed by atoms with Crippen LogP contribution in [0.3, 0.4) is 0 Å². The Morgan fingerprint density at radius 1 is 1.14 bits per heavy atom. The molecule has 0 spiro atoms. The molecule has 1 aromatic heterocycles. The van der Waals surface area contributed by atoms with Gasteiger partial charge in [-0.3, -0.25) is 4.79 Å². The Hall–Kier alpha value is -2.67. The van der Waals surface area contributed by atoms with Gasteiger partial charge in [0.05, 0.1) is 11.4 Å². The Bertz CT molecular complexity index is 936. The highest BCUT2D eigenvalue weighted by molar-refractivity contribution is 7.99. The van der Waals surface area contributed by atoms with Crippen LogP contribution in [0.5, 0.6) is 0 Å². The number of anilines is 1. The smallest absolute Gasteiger partial charge is 0.234 e. The van der Waals surface area contributed by atoms with Crippen LogP contribution in [0.2, 0.25) is 0 Å². The number of para-hydroxylation sites is 1. The van der Waals surface area contributed by atoms with Gasteiger partial charge in [-0.05, 0) is 58.5 Å². The summed E-state index contributed by atoms with van der Waals surface area (Å²) in [5.41, 5.74) is 4.18. The third-order valence-electron chi connectivity index (χ3n) is 4.63. The average Bonchev–Trinajstić information content (AvgIpc) is 3.20. The van der Waals surface area contributed by atoms with E-state index in [2.05, 4.69) is 53.7 Å². The molecular formula is C22H27N5OS. The molecule has 0 radical (unpaired) electrons. The van der Waals surface area contributed by atoms with Gasteiger partial charge in [0.15, 0.2) is 0 Å². The van der Waals surface area contributed by atoms with Crippen LogP contribution in [0, 0.1) is 0 Å². The minimum atomic E-state index is -0.0763. The van der Waals surface area contributed by atoms with Crippen molar-refractivity contribution < 1.29 is 4.79 Å². The van der Waals surface area contributed by atoms with Crippen molar-refractivity contribution in [2.75, 3.05) is 11.1 Å². The lowest BCUT2D eigenvalue weighted by Gasteiger charge is -2.13. The molecule has 0 bridgehead atoms. The molecule has 0 aliphatic carbocycles. The zero-order chi connectivity index (χ0) is 20.6. The van der Waals surface area contributed by atoms with E-state index in [-0.39, 0.29) is 11.7 Å². The molecular weight excluding hydrogens is 382 g/mol. The first kappa shape index (κ1) is 21.0. The summed E-state index contributed by atoms with van der Waals surface area (Å²) in [5, 5.41) is 15.5. The summed E-state index contributed by atoms with van der Waals surface area (Å²) in [7, 11) is 0. The van der Waals surface area contributed by atoms with Gasteiger partial charge >= 0.3 is 0 Å². The molecule has 0 fully saturated rings. The topological polar surface area (TPSA) is 72.7 Å². The van der Waals surface area contributed by atoms with E-state index in [1.54, 1.807) is 4.68 Å². The van der Waals surface area contributed by atoms with Crippen LogP contribution in [-0.4, -0.2) is 31.9 Å². The standard InChI is InChI=1S/C22H27N5OS/c1-4-5-8-17-11-13-18(14-12-17)27-22(24-25-26-27)29-15-21(28)23-20-10-7-6-9-19(20)16(2)3/h6-7,9-14,16H,4-5,8,15H2,1-3H3,(H,23,28). The number of hydrogen-bond acceptors (Lipinski definition) is 5. The number of aryl methyl sites for hydroxylation is 1. The van der Waals surface area contributed by atoms with Crippen molar-refractivity contribution in [3.63, 3.8) is 0 Å². The maximum absolute atomic E-state index is 12.5. The molecule has 0 saturated carbocycles. The number of carbonyl (C=O) groups is 1. The van der Waals surface area contributed by atoms with Crippen LogP contribution >= 0.6 is 11.8 Å². The Morgan fingerprint density at radius 2 is 1.90 bits per heavy atom. The van der Waals surface area contributed by atoms with E-state index in [0.717, 1.165) is 23.4 Å². The van der Waals surface area contributed by atoms with Gasteiger partial charge in [-0.25, -0.2) is 0 Å². The van der Waals surface area contributed by atoms with E-state index in [4.69, 9.17) is 0 Å². The number of hydrogen-bond donors (Lipinski definition) is 1. The second-order valence-corrected chi connectivity index (χ2v) is 8.16. The summed E-state index contributed by atoms with van der Waals surface area (Å²) in [6.45, 7) is 6.42. The highest BCUT2D eigenvalue weighted by Crippen LogP contribution is 2.24. The van der Waals surface area contributed by atoms with Crippen molar-refractivity contribution in [2.24, 2.45) is 0 Å². The molecule has 3 rings (SSSR count). The van der Waals surface area contributed by atoms with Crippen molar-refractivity contribution in [3.05, 3.63) is 59.7 Å². The van der Waals surface area contributed by atoms with Gasteiger partial charge in [-0.1, -0.05) is 69.3 Å². The van der Waals surface area contributed by atoms with Crippen molar-refractivity contribution in [2.45, 2.75) is 51.1 Å². The van der Waals surface area contributed by atoms with Crippen LogP contribution in [0.25, 0.3) is 5.69 Å². The van der Waals surface area contributed by atoms with Gasteiger partial charge in [-0.15, -0.1) is 5.10 Å². The number of aromatic nitrogens is 4. The molecule has 0 unspecified atom stereocenters. The van der Waals surface area contributed by atoms with E-state index >= 15 is 0 Å². The first-order chi connectivity index (χ1) is 14.1. The molecule has 2 aromatic carbocycles. The lowest BCUT2D eigenvalue weighted by molar-refractivity contribution is -0.113. The van der Waals surface area contributed by atoms with Crippen LogP contribution in [0.15, 0.2) is 53.7 Å². The fraction of sp³-hybridized carbons (Fsp3) is 0.364. The van der Waals surface area contributed by atoms with Gasteiger partial charge in [-0.2, -0.15) is 4.68 Å². The highest BCUT2D eigenvalue weighted by Gasteiger charge is 2.13. The highest BCUT2D eigenvalue weighted by atomic mass is 32.2. The predicted octanol–water partition coefficient (Wildman–Crippen LogP) is 4.86. The second kappa shape index (κ2) is 10.2. The zero-order valence-corrected chi connectivity index (χ0v) is 17.9. The monoisotopic (exact) mass is 409 g/mol. The first-order valence-electron chi connectivity index (χ1n) is 9.97. The third kappa shape index (κ3) is 5.67. The third-order valence-corrected chi connectivity index (χ3v) is 5.55. The summed E-state index contributed by atoms with van der Waals surface area (Å²) >= 11 is 1.32. The number of benzene rings is 2. The van der Waals surface area contributed by atoms with Gasteiger partial charge in [0, 0.05) is 5.69 Å². The maximum atomic E-state index is 12.5. The maximum Gasteiger partial charge on any atom is 0.234 e. The molecule has 3 aromatic rings. The fourth-order valence-electron chi connectivity index (χ4n) is 3.05. The van der Waals surface area contributed by atoms with E-state index in [0.29, 0.717) is 11.1 Å². The Kier molecular flexibility index (Phi) is 7.41. The Morgan fingerprint density at radius 3 is 2.62 bits per heavy atom. The van der Waals surface area contributed by atoms with Crippen molar-refractivity contribution >= 4 is 23.4 Å². The van der Waals surface area contributed by atoms with Gasteiger partial charge in [0.1, 0.15) is 0 Å². The van der Waals surface area contributed by atoms with Gasteiger partial charge < -0.3 is 5.32 Å². The first-order valence-corrected chi connectivity index (χ1v) is 11.0. The van der Waals surface area contributed by atoms with Crippen molar-refractivity contribution in [3.8, 4) is 5.69 Å². The van der Waals surface area contributed by atoms with Crippen LogP contribution < -0.4 is 5.32 Å². The number of tetrazole rings is 1. The van der Waals surface area contributed by atoms with Crippen molar-refractivity contribution in [1.29, 1.82) is 0 Å². The molecule has 29 heavy (non-hydrogen) atoms. The number of rotatable bonds is 9. The lowest BCUT2D eigenvalue weighted by atomic mass is 10.0. The average molecular weight is 410 g/mol. The summed E-state index contributed by atoms with van der Waals surface area (Å²) < 4.78 is 1.67. The molecule has 0 aliphatic rings. The van der Waals surface area contributed by atoms with Gasteiger partial charge in [0.2, 0.25) is 11.1 Å². The Labute approximate surface area is 176 Å². The minimum absolute atomic E-state index is 0.0763. The molecule has 0 aliphatic heterocycles. The molecule has 0 saturated heterocycles. The van der Waals surface area contributed by atoms with Crippen LogP contribution in [-0.2, 0) is 11.2 Å². The summed E-state index contributed by atoms with van der Waals surface area (Å²) in [6.07, 6.45) is 3.44. The normalized spacial score (nSPS) is 11.0. The summed E-state index contributed by atoms with van der Waals surface area (Å²) in [4.78, 5) is 12.5. The van der Waals surface area contributed by atoms with E-state index in [9.17, 15) is 4.79 Å². The number of unbranched alkanes of at least 4 members (excludes halogenated alkanes) is 1. The number of nitrogens with zero attached hydrogens (tertiary/aromatic N) is 4. The summed E-state index contributed by atoms with van der Waals surface area (Å²) in [5.74, 6) is 0.501. The number of nitrogens with one attached hydrogen (secondary N) is 1. The van der Waals surface area contributed by atoms with Gasteiger partial charge in [0.25, 0.3) is 0 Å². The number of carbonyl (C=O) groups excluding carboxylic acids is 1. The fourth-order valence-corrected chi connectivity index (χ4v) is 3.74. The van der Waals surface area contributed by atoms with E-state index in [1.165, 1.54) is 30.2 Å². The molecule has 6 nitrogen and oxygen atoms in total. The summed E-state index contributed by atoms with van der Waals surface area (Å²) in [6, 6.07) is 16.1. The predicted molar refractivity (Wildman–Crippen MR) is 118 cm³/mol. The van der Waals surface area contributed by atoms with Crippen LogP contribution in [0.4, 0.5) is 5.69 Å². The Balaban J connectivity index is 1.63. The molecule has 7 heteroatoms. The quantitative estimate of drug-likeness (QED) is 0.511. The van der Waals surface area contributed by atoms with Crippen molar-refractivity contribution in [1.82, 2.24) is 20.2 Å². The lowest BCUT2D eigenvalue weighted by Crippen LogP contribution is -2.16. The molecule has 1 N–H and O–H groups in total. The SMILES string of the molecule is CCCCc1ccc(-n2nnnc2SCC(=O)Nc2ccccc2C(C)C)cc1. The van der Waals surface area contributed by atoms with E-state index < -0.39 is 0 Å². The zero-order valence-electron chi connectivity index (χ0n) is 17.1. The largest absolute Gasteiger partial charge is 0.325 e. The van der Waals surface area contributed by atoms with Crippen LogP contribution in [0.1, 0.15) is 50.7 Å². The molecule has 0 atom stereocenters. The molecule has 152 valence electrons. The molecule has 1 heterocycles.